The Morgan fingerprint density at radius 2 is 2.03 bits per heavy atom. The molecule has 0 spiro atoms. The molecule has 35 heavy (non-hydrogen) atoms. The number of hydrogen-bond donors (Lipinski definition) is 1. The highest BCUT2D eigenvalue weighted by atomic mass is 35.5. The maximum absolute atomic E-state index is 12.8. The van der Waals surface area contributed by atoms with Gasteiger partial charge in [0.15, 0.2) is 0 Å². The largest absolute Gasteiger partial charge is 0.379 e. The number of nitrogens with zero attached hydrogens (tertiary/aromatic N) is 3. The topological polar surface area (TPSA) is 67.4 Å². The van der Waals surface area contributed by atoms with E-state index >= 15 is 0 Å². The number of hydrogen-bond acceptors (Lipinski definition) is 5. The van der Waals surface area contributed by atoms with Gasteiger partial charge in [-0.05, 0) is 92.9 Å². The second-order valence-corrected chi connectivity index (χ2v) is 11.0. The Morgan fingerprint density at radius 3 is 2.77 bits per heavy atom. The number of benzene rings is 1. The third-order valence-electron chi connectivity index (χ3n) is 8.18. The fourth-order valence-electron chi connectivity index (χ4n) is 5.83. The summed E-state index contributed by atoms with van der Waals surface area (Å²) in [6.45, 7) is 6.15. The number of ether oxygens (including phenoxy) is 1. The van der Waals surface area contributed by atoms with Gasteiger partial charge in [-0.2, -0.15) is 0 Å². The van der Waals surface area contributed by atoms with E-state index in [-0.39, 0.29) is 23.3 Å². The predicted molar refractivity (Wildman–Crippen MR) is 138 cm³/mol. The Kier molecular flexibility index (Phi) is 5.99. The molecule has 6 rings (SSSR count). The highest BCUT2D eigenvalue weighted by Crippen LogP contribution is 2.47. The van der Waals surface area contributed by atoms with Gasteiger partial charge < -0.3 is 10.1 Å². The molecule has 1 saturated carbocycles. The first kappa shape index (κ1) is 22.9. The van der Waals surface area contributed by atoms with Crippen molar-refractivity contribution < 1.29 is 9.53 Å². The third-order valence-corrected chi connectivity index (χ3v) is 8.51. The second kappa shape index (κ2) is 9.16. The number of halogens is 1. The molecule has 2 saturated heterocycles. The smallest absolute Gasteiger partial charge is 0.229 e. The van der Waals surface area contributed by atoms with Crippen LogP contribution in [0.15, 0.2) is 48.8 Å². The fraction of sp³-hybridized carbons (Fsp3) is 0.464. The molecule has 1 aromatic carbocycles. The highest BCUT2D eigenvalue weighted by molar-refractivity contribution is 6.32. The Bertz CT molecular complexity index is 1240. The number of amides is 1. The number of likely N-dealkylation sites (tertiary alicyclic amines) is 1. The van der Waals surface area contributed by atoms with E-state index in [9.17, 15) is 4.79 Å². The Labute approximate surface area is 211 Å². The summed E-state index contributed by atoms with van der Waals surface area (Å²) in [6, 6.07) is 12.0. The summed E-state index contributed by atoms with van der Waals surface area (Å²) in [4.78, 5) is 24.3. The average Bonchev–Trinajstić information content (AvgIpc) is 3.57. The maximum Gasteiger partial charge on any atom is 0.229 e. The van der Waals surface area contributed by atoms with Crippen LogP contribution in [-0.2, 0) is 9.53 Å². The van der Waals surface area contributed by atoms with Gasteiger partial charge in [0.1, 0.15) is 5.82 Å². The molecule has 3 aromatic rings. The zero-order valence-electron chi connectivity index (χ0n) is 20.0. The van der Waals surface area contributed by atoms with Crippen LogP contribution in [0.1, 0.15) is 55.7 Å². The molecule has 0 radical (unpaired) electrons. The van der Waals surface area contributed by atoms with E-state index in [1.54, 1.807) is 12.4 Å². The van der Waals surface area contributed by atoms with E-state index in [0.717, 1.165) is 73.5 Å². The lowest BCUT2D eigenvalue weighted by Crippen LogP contribution is -2.50. The summed E-state index contributed by atoms with van der Waals surface area (Å²) in [6.07, 6.45) is 7.70. The SMILES string of the molecule is C[C@@]1(N2CCC(c3cc4cc(NC(=O)[C@@H]5C[C@H]5c5ccccn5)ncc4cc3Cl)CC2)CCOC1. The Balaban J connectivity index is 1.15. The van der Waals surface area contributed by atoms with Crippen LogP contribution in [-0.4, -0.2) is 52.6 Å². The van der Waals surface area contributed by atoms with Gasteiger partial charge in [-0.25, -0.2) is 4.98 Å². The van der Waals surface area contributed by atoms with Gasteiger partial charge >= 0.3 is 0 Å². The summed E-state index contributed by atoms with van der Waals surface area (Å²) in [5, 5.41) is 5.88. The zero-order valence-corrected chi connectivity index (χ0v) is 20.8. The van der Waals surface area contributed by atoms with Crippen molar-refractivity contribution in [3.8, 4) is 0 Å². The number of carbonyl (C=O) groups excluding carboxylic acids is 1. The first-order valence-electron chi connectivity index (χ1n) is 12.6. The number of anilines is 1. The number of fused-ring (bicyclic) bond motifs is 1. The van der Waals surface area contributed by atoms with Crippen molar-refractivity contribution in [3.63, 3.8) is 0 Å². The van der Waals surface area contributed by atoms with Crippen LogP contribution in [0.5, 0.6) is 0 Å². The van der Waals surface area contributed by atoms with Crippen LogP contribution >= 0.6 is 11.6 Å². The molecule has 7 heteroatoms. The summed E-state index contributed by atoms with van der Waals surface area (Å²) in [7, 11) is 0. The average molecular weight is 491 g/mol. The van der Waals surface area contributed by atoms with Gasteiger partial charge in [-0.1, -0.05) is 17.7 Å². The van der Waals surface area contributed by atoms with E-state index in [1.807, 2.05) is 30.3 Å². The summed E-state index contributed by atoms with van der Waals surface area (Å²) >= 11 is 6.74. The quantitative estimate of drug-likeness (QED) is 0.519. The van der Waals surface area contributed by atoms with Crippen molar-refractivity contribution in [2.24, 2.45) is 5.92 Å². The zero-order chi connectivity index (χ0) is 24.0. The van der Waals surface area contributed by atoms with E-state index in [1.165, 1.54) is 5.56 Å². The molecule has 6 nitrogen and oxygen atoms in total. The first-order valence-corrected chi connectivity index (χ1v) is 13.0. The van der Waals surface area contributed by atoms with Crippen LogP contribution in [0, 0.1) is 5.92 Å². The molecule has 2 aliphatic heterocycles. The predicted octanol–water partition coefficient (Wildman–Crippen LogP) is 5.38. The van der Waals surface area contributed by atoms with E-state index in [2.05, 4.69) is 33.2 Å². The minimum atomic E-state index is -0.0412. The molecule has 3 atom stereocenters. The normalized spacial score (nSPS) is 27.3. The summed E-state index contributed by atoms with van der Waals surface area (Å²) < 4.78 is 5.68. The van der Waals surface area contributed by atoms with Crippen molar-refractivity contribution in [2.45, 2.75) is 50.0 Å². The van der Waals surface area contributed by atoms with Crippen LogP contribution in [0.2, 0.25) is 5.02 Å². The lowest BCUT2D eigenvalue weighted by Gasteiger charge is -2.42. The lowest BCUT2D eigenvalue weighted by atomic mass is 9.86. The molecular formula is C28H31ClN4O2. The van der Waals surface area contributed by atoms with Gasteiger partial charge in [0.25, 0.3) is 0 Å². The molecule has 1 amide bonds. The van der Waals surface area contributed by atoms with Gasteiger partial charge in [0.05, 0.1) is 6.61 Å². The molecule has 1 N–H and O–H groups in total. The minimum Gasteiger partial charge on any atom is -0.379 e. The lowest BCUT2D eigenvalue weighted by molar-refractivity contribution is -0.117. The molecule has 3 fully saturated rings. The van der Waals surface area contributed by atoms with Gasteiger partial charge in [0.2, 0.25) is 5.91 Å². The second-order valence-electron chi connectivity index (χ2n) is 10.5. The molecule has 2 aromatic heterocycles. The number of nitrogens with one attached hydrogen (secondary N) is 1. The molecule has 0 unspecified atom stereocenters. The summed E-state index contributed by atoms with van der Waals surface area (Å²) in [5.74, 6) is 1.20. The Hall–Kier alpha value is -2.54. The minimum absolute atomic E-state index is 0.0125. The molecule has 0 bridgehead atoms. The van der Waals surface area contributed by atoms with E-state index < -0.39 is 0 Å². The van der Waals surface area contributed by atoms with Gasteiger partial charge in [-0.15, -0.1) is 0 Å². The van der Waals surface area contributed by atoms with Crippen LogP contribution in [0.3, 0.4) is 0 Å². The van der Waals surface area contributed by atoms with Crippen LogP contribution < -0.4 is 5.32 Å². The monoisotopic (exact) mass is 490 g/mol. The maximum atomic E-state index is 12.8. The first-order chi connectivity index (χ1) is 17.0. The summed E-state index contributed by atoms with van der Waals surface area (Å²) in [5.41, 5.74) is 2.36. The molecule has 182 valence electrons. The number of pyridine rings is 2. The highest BCUT2D eigenvalue weighted by Gasteiger charge is 2.45. The number of carbonyl (C=O) groups is 1. The standard InChI is InChI=1S/C28H31ClN4O2/c1-28(7-11-35-17-28)33-9-5-18(6-10-33)21-12-19-14-26(31-16-20(19)13-24(21)29)32-27(34)23-15-22(23)25-4-2-3-8-30-25/h2-4,8,12-14,16,18,22-23H,5-7,9-11,15,17H2,1H3,(H,31,32,34)/t22-,23-,28-/m1/s1. The van der Waals surface area contributed by atoms with Crippen molar-refractivity contribution in [1.82, 2.24) is 14.9 Å². The third kappa shape index (κ3) is 4.55. The van der Waals surface area contributed by atoms with Crippen molar-refractivity contribution in [1.29, 1.82) is 0 Å². The van der Waals surface area contributed by atoms with Crippen molar-refractivity contribution in [2.75, 3.05) is 31.6 Å². The molecule has 4 heterocycles. The van der Waals surface area contributed by atoms with Gasteiger partial charge in [-0.3, -0.25) is 14.7 Å². The number of piperidine rings is 1. The van der Waals surface area contributed by atoms with E-state index in [0.29, 0.717) is 11.7 Å². The molecular weight excluding hydrogens is 460 g/mol. The fourth-order valence-corrected chi connectivity index (χ4v) is 6.15. The van der Waals surface area contributed by atoms with Crippen molar-refractivity contribution in [3.05, 3.63) is 65.1 Å². The number of rotatable bonds is 5. The van der Waals surface area contributed by atoms with Crippen molar-refractivity contribution >= 4 is 34.1 Å². The molecule has 1 aliphatic carbocycles. The molecule has 3 aliphatic rings. The Morgan fingerprint density at radius 1 is 1.17 bits per heavy atom. The van der Waals surface area contributed by atoms with Gasteiger partial charge in [0, 0.05) is 52.5 Å². The van der Waals surface area contributed by atoms with E-state index in [4.69, 9.17) is 16.3 Å². The number of aromatic nitrogens is 2. The van der Waals surface area contributed by atoms with Crippen LogP contribution in [0.4, 0.5) is 5.82 Å². The van der Waals surface area contributed by atoms with Crippen LogP contribution in [0.25, 0.3) is 10.8 Å².